The molecule has 1 atom stereocenters. The van der Waals surface area contributed by atoms with E-state index < -0.39 is 21.7 Å². The van der Waals surface area contributed by atoms with Gasteiger partial charge in [-0.25, -0.2) is 22.6 Å². The van der Waals surface area contributed by atoms with Crippen molar-refractivity contribution < 1.29 is 17.6 Å². The second-order valence-electron chi connectivity index (χ2n) is 6.65. The van der Waals surface area contributed by atoms with Crippen molar-refractivity contribution in [3.8, 4) is 10.4 Å². The smallest absolute Gasteiger partial charge is 0.321 e. The summed E-state index contributed by atoms with van der Waals surface area (Å²) in [4.78, 5) is 16.8. The standard InChI is InChI=1S/C18H20FN5O3S2/c1-9-7-14(24-23-9)10(2)20-17(25)22-18-21-11(3)16(28-18)12-5-6-15(13(19)8-12)29(4,26)27/h5-8,10H,1-4H3,(H,23,24)(H2,20,21,22,25). The molecule has 0 spiro atoms. The summed E-state index contributed by atoms with van der Waals surface area (Å²) in [5.74, 6) is -0.826. The third-order valence-corrected chi connectivity index (χ3v) is 6.38. The van der Waals surface area contributed by atoms with Gasteiger partial charge in [-0.15, -0.1) is 0 Å². The minimum atomic E-state index is -3.65. The summed E-state index contributed by atoms with van der Waals surface area (Å²) in [6.07, 6.45) is 0.953. The van der Waals surface area contributed by atoms with Gasteiger partial charge in [0.25, 0.3) is 0 Å². The molecule has 0 aliphatic carbocycles. The highest BCUT2D eigenvalue weighted by Gasteiger charge is 2.18. The van der Waals surface area contributed by atoms with Gasteiger partial charge in [-0.3, -0.25) is 10.4 Å². The Bertz CT molecular complexity index is 1170. The van der Waals surface area contributed by atoms with Crippen molar-refractivity contribution in [1.82, 2.24) is 20.5 Å². The molecule has 0 radical (unpaired) electrons. The van der Waals surface area contributed by atoms with E-state index in [1.807, 2.05) is 13.0 Å². The summed E-state index contributed by atoms with van der Waals surface area (Å²) in [5.41, 5.74) is 2.67. The number of thiazole rings is 1. The fourth-order valence-electron chi connectivity index (χ4n) is 2.73. The second kappa shape index (κ2) is 7.91. The first-order valence-electron chi connectivity index (χ1n) is 8.61. The number of aromatic amines is 1. The van der Waals surface area contributed by atoms with Crippen molar-refractivity contribution in [2.75, 3.05) is 11.6 Å². The van der Waals surface area contributed by atoms with Crippen LogP contribution in [-0.4, -0.2) is 35.9 Å². The molecule has 3 N–H and O–H groups in total. The van der Waals surface area contributed by atoms with Crippen molar-refractivity contribution in [2.45, 2.75) is 31.7 Å². The van der Waals surface area contributed by atoms with Crippen LogP contribution in [0.25, 0.3) is 10.4 Å². The number of rotatable bonds is 5. The third-order valence-electron chi connectivity index (χ3n) is 4.13. The Morgan fingerprint density at radius 3 is 2.59 bits per heavy atom. The van der Waals surface area contributed by atoms with Gasteiger partial charge in [0.05, 0.1) is 22.3 Å². The molecule has 3 aromatic rings. The van der Waals surface area contributed by atoms with Crippen molar-refractivity contribution in [1.29, 1.82) is 0 Å². The minimum absolute atomic E-state index is 0.307. The lowest BCUT2D eigenvalue weighted by atomic mass is 10.1. The van der Waals surface area contributed by atoms with E-state index in [1.54, 1.807) is 13.8 Å². The number of aromatic nitrogens is 3. The number of carbonyl (C=O) groups is 1. The molecule has 0 saturated heterocycles. The monoisotopic (exact) mass is 437 g/mol. The summed E-state index contributed by atoms with van der Waals surface area (Å²) in [5, 5.41) is 12.7. The molecule has 0 fully saturated rings. The van der Waals surface area contributed by atoms with Crippen molar-refractivity contribution in [3.63, 3.8) is 0 Å². The number of amides is 2. The first kappa shape index (κ1) is 20.9. The van der Waals surface area contributed by atoms with Gasteiger partial charge >= 0.3 is 6.03 Å². The molecule has 0 bridgehead atoms. The fraction of sp³-hybridized carbons (Fsp3) is 0.278. The summed E-state index contributed by atoms with van der Waals surface area (Å²) in [7, 11) is -3.65. The molecule has 29 heavy (non-hydrogen) atoms. The number of H-pyrrole nitrogens is 1. The molecule has 1 aromatic carbocycles. The molecule has 0 aliphatic heterocycles. The van der Waals surface area contributed by atoms with Crippen LogP contribution in [0.2, 0.25) is 0 Å². The number of nitrogens with one attached hydrogen (secondary N) is 3. The van der Waals surface area contributed by atoms with Crippen molar-refractivity contribution in [3.05, 3.63) is 47.2 Å². The Hall–Kier alpha value is -2.79. The second-order valence-corrected chi connectivity index (χ2v) is 9.63. The maximum atomic E-state index is 14.2. The number of hydrogen-bond donors (Lipinski definition) is 3. The summed E-state index contributed by atoms with van der Waals surface area (Å²) in [6, 6.07) is 4.99. The van der Waals surface area contributed by atoms with Crippen LogP contribution in [-0.2, 0) is 9.84 Å². The van der Waals surface area contributed by atoms with Crippen LogP contribution in [0.5, 0.6) is 0 Å². The zero-order valence-electron chi connectivity index (χ0n) is 16.2. The van der Waals surface area contributed by atoms with Crippen LogP contribution in [0, 0.1) is 19.7 Å². The van der Waals surface area contributed by atoms with Crippen molar-refractivity contribution in [2.24, 2.45) is 0 Å². The minimum Gasteiger partial charge on any atom is -0.330 e. The molecular weight excluding hydrogens is 417 g/mol. The van der Waals surface area contributed by atoms with Gasteiger partial charge in [-0.2, -0.15) is 5.10 Å². The lowest BCUT2D eigenvalue weighted by Gasteiger charge is -2.11. The molecule has 0 saturated carbocycles. The molecule has 2 heterocycles. The quantitative estimate of drug-likeness (QED) is 0.564. The molecule has 0 aliphatic rings. The largest absolute Gasteiger partial charge is 0.330 e. The number of nitrogens with zero attached hydrogens (tertiary/aromatic N) is 2. The van der Waals surface area contributed by atoms with Gasteiger partial charge in [0.1, 0.15) is 10.7 Å². The van der Waals surface area contributed by atoms with Crippen LogP contribution in [0.15, 0.2) is 29.2 Å². The zero-order valence-corrected chi connectivity index (χ0v) is 17.8. The molecule has 8 nitrogen and oxygen atoms in total. The highest BCUT2D eigenvalue weighted by Crippen LogP contribution is 2.34. The van der Waals surface area contributed by atoms with Gasteiger partial charge in [0, 0.05) is 11.9 Å². The van der Waals surface area contributed by atoms with Gasteiger partial charge in [0.2, 0.25) is 0 Å². The number of urea groups is 1. The number of sulfone groups is 1. The van der Waals surface area contributed by atoms with Gasteiger partial charge in [0.15, 0.2) is 15.0 Å². The van der Waals surface area contributed by atoms with E-state index in [4.69, 9.17) is 0 Å². The average molecular weight is 438 g/mol. The number of benzene rings is 1. The Labute approximate surface area is 171 Å². The van der Waals surface area contributed by atoms with Crippen LogP contribution in [0.4, 0.5) is 14.3 Å². The van der Waals surface area contributed by atoms with Gasteiger partial charge in [-0.05, 0) is 44.5 Å². The highest BCUT2D eigenvalue weighted by molar-refractivity contribution is 7.90. The number of carbonyl (C=O) groups excluding carboxylic acids is 1. The lowest BCUT2D eigenvalue weighted by molar-refractivity contribution is 0.249. The number of hydrogen-bond acceptors (Lipinski definition) is 6. The number of aryl methyl sites for hydroxylation is 2. The lowest BCUT2D eigenvalue weighted by Crippen LogP contribution is -2.31. The molecular formula is C18H20FN5O3S2. The van der Waals surface area contributed by atoms with Gasteiger partial charge < -0.3 is 5.32 Å². The molecule has 2 amide bonds. The van der Waals surface area contributed by atoms with Crippen LogP contribution >= 0.6 is 11.3 Å². The molecule has 1 unspecified atom stereocenters. The van der Waals surface area contributed by atoms with E-state index in [1.165, 1.54) is 23.5 Å². The van der Waals surface area contributed by atoms with Crippen molar-refractivity contribution >= 4 is 32.3 Å². The SMILES string of the molecule is Cc1cc(C(C)NC(=O)Nc2nc(C)c(-c3ccc(S(C)(=O)=O)c(F)c3)s2)n[nH]1. The van der Waals surface area contributed by atoms with Crippen LogP contribution in [0.1, 0.15) is 30.0 Å². The maximum absolute atomic E-state index is 14.2. The van der Waals surface area contributed by atoms with E-state index >= 15 is 0 Å². The zero-order chi connectivity index (χ0) is 21.3. The van der Waals surface area contributed by atoms with E-state index in [-0.39, 0.29) is 10.9 Å². The summed E-state index contributed by atoms with van der Waals surface area (Å²) < 4.78 is 37.4. The topological polar surface area (TPSA) is 117 Å². The van der Waals surface area contributed by atoms with E-state index in [2.05, 4.69) is 25.8 Å². The van der Waals surface area contributed by atoms with E-state index in [0.717, 1.165) is 18.0 Å². The molecule has 11 heteroatoms. The molecule has 3 rings (SSSR count). The number of anilines is 1. The first-order valence-corrected chi connectivity index (χ1v) is 11.3. The Morgan fingerprint density at radius 1 is 1.28 bits per heavy atom. The molecule has 2 aromatic heterocycles. The Morgan fingerprint density at radius 2 is 2.00 bits per heavy atom. The first-order chi connectivity index (χ1) is 13.5. The van der Waals surface area contributed by atoms with Crippen LogP contribution in [0.3, 0.4) is 0 Å². The maximum Gasteiger partial charge on any atom is 0.321 e. The Kier molecular flexibility index (Phi) is 5.71. The van der Waals surface area contributed by atoms with Gasteiger partial charge in [-0.1, -0.05) is 17.4 Å². The normalized spacial score (nSPS) is 12.6. The predicted molar refractivity (Wildman–Crippen MR) is 109 cm³/mol. The molecule has 154 valence electrons. The Balaban J connectivity index is 1.75. The summed E-state index contributed by atoms with van der Waals surface area (Å²) in [6.45, 7) is 5.40. The average Bonchev–Trinajstić information content (AvgIpc) is 3.19. The van der Waals surface area contributed by atoms with Crippen LogP contribution < -0.4 is 10.6 Å². The predicted octanol–water partition coefficient (Wildman–Crippen LogP) is 3.58. The number of halogens is 1. The summed E-state index contributed by atoms with van der Waals surface area (Å²) >= 11 is 1.17. The highest BCUT2D eigenvalue weighted by atomic mass is 32.2. The van der Waals surface area contributed by atoms with E-state index in [0.29, 0.717) is 27.0 Å². The fourth-order valence-corrected chi connectivity index (χ4v) is 4.41. The van der Waals surface area contributed by atoms with E-state index in [9.17, 15) is 17.6 Å². The third kappa shape index (κ3) is 4.80.